The molecule has 21 heavy (non-hydrogen) atoms. The second kappa shape index (κ2) is 7.00. The van der Waals surface area contributed by atoms with Crippen molar-refractivity contribution in [3.8, 4) is 0 Å². The van der Waals surface area contributed by atoms with E-state index in [1.165, 1.54) is 17.8 Å². The Labute approximate surface area is 129 Å². The first-order valence-electron chi connectivity index (χ1n) is 6.87. The van der Waals surface area contributed by atoms with Gasteiger partial charge in [-0.2, -0.15) is 0 Å². The highest BCUT2D eigenvalue weighted by Gasteiger charge is 2.09. The van der Waals surface area contributed by atoms with E-state index in [1.54, 1.807) is 18.3 Å². The van der Waals surface area contributed by atoms with Crippen molar-refractivity contribution in [2.24, 2.45) is 0 Å². The molecule has 0 amide bonds. The summed E-state index contributed by atoms with van der Waals surface area (Å²) in [6.07, 6.45) is 1.75. The third-order valence-corrected chi connectivity index (χ3v) is 3.80. The van der Waals surface area contributed by atoms with Gasteiger partial charge in [0, 0.05) is 23.2 Å². The van der Waals surface area contributed by atoms with Crippen molar-refractivity contribution in [3.05, 3.63) is 53.9 Å². The minimum absolute atomic E-state index is 0.0486. The van der Waals surface area contributed by atoms with Gasteiger partial charge in [0.2, 0.25) is 0 Å². The van der Waals surface area contributed by atoms with Crippen LogP contribution in [0.4, 0.5) is 4.39 Å². The number of aromatic nitrogens is 2. The van der Waals surface area contributed by atoms with Crippen molar-refractivity contribution in [1.82, 2.24) is 15.3 Å². The first-order chi connectivity index (χ1) is 9.94. The maximum atomic E-state index is 13.6. The smallest absolute Gasteiger partial charge is 0.138 e. The van der Waals surface area contributed by atoms with Gasteiger partial charge < -0.3 is 5.32 Å². The van der Waals surface area contributed by atoms with Crippen molar-refractivity contribution >= 4 is 11.8 Å². The molecule has 2 aromatic rings. The quantitative estimate of drug-likeness (QED) is 0.853. The first-order valence-corrected chi connectivity index (χ1v) is 7.86. The second-order valence-corrected chi connectivity index (χ2v) is 6.80. The van der Waals surface area contributed by atoms with Gasteiger partial charge in [-0.3, -0.25) is 0 Å². The lowest BCUT2D eigenvalue weighted by Gasteiger charge is -2.20. The lowest BCUT2D eigenvalue weighted by atomic mass is 10.1. The van der Waals surface area contributed by atoms with E-state index >= 15 is 0 Å². The number of hydrogen-bond acceptors (Lipinski definition) is 4. The molecule has 0 unspecified atom stereocenters. The molecule has 112 valence electrons. The van der Waals surface area contributed by atoms with Crippen molar-refractivity contribution < 1.29 is 4.39 Å². The number of thioether (sulfide) groups is 1. The molecule has 0 bridgehead atoms. The molecule has 0 atom stereocenters. The second-order valence-electron chi connectivity index (χ2n) is 5.79. The van der Waals surface area contributed by atoms with Crippen LogP contribution in [0.1, 0.15) is 32.3 Å². The Kier molecular flexibility index (Phi) is 5.31. The van der Waals surface area contributed by atoms with Gasteiger partial charge in [0.15, 0.2) is 0 Å². The highest BCUT2D eigenvalue weighted by atomic mass is 32.2. The summed E-state index contributed by atoms with van der Waals surface area (Å²) in [6, 6.07) is 8.65. The number of nitrogens with zero attached hydrogens (tertiary/aromatic N) is 2. The van der Waals surface area contributed by atoms with Crippen molar-refractivity contribution in [3.63, 3.8) is 0 Å². The molecule has 0 spiro atoms. The van der Waals surface area contributed by atoms with E-state index in [0.717, 1.165) is 11.5 Å². The summed E-state index contributed by atoms with van der Waals surface area (Å²) >= 11 is 1.41. The van der Waals surface area contributed by atoms with Crippen LogP contribution in [0.5, 0.6) is 0 Å². The molecule has 0 radical (unpaired) electrons. The van der Waals surface area contributed by atoms with Crippen LogP contribution in [0.2, 0.25) is 0 Å². The fourth-order valence-electron chi connectivity index (χ4n) is 1.67. The van der Waals surface area contributed by atoms with Crippen molar-refractivity contribution in [2.45, 2.75) is 43.5 Å². The molecule has 0 aliphatic heterocycles. The normalized spacial score (nSPS) is 11.6. The summed E-state index contributed by atoms with van der Waals surface area (Å²) in [5.41, 5.74) is 0.997. The van der Waals surface area contributed by atoms with Crippen molar-refractivity contribution in [1.29, 1.82) is 0 Å². The average Bonchev–Trinajstić information content (AvgIpc) is 2.44. The van der Waals surface area contributed by atoms with Gasteiger partial charge in [0.05, 0.1) is 11.4 Å². The third-order valence-electron chi connectivity index (χ3n) is 2.76. The molecule has 5 heteroatoms. The molecule has 1 aromatic heterocycles. The van der Waals surface area contributed by atoms with Gasteiger partial charge in [0.1, 0.15) is 11.6 Å². The molecule has 0 aliphatic carbocycles. The topological polar surface area (TPSA) is 37.8 Å². The van der Waals surface area contributed by atoms with Gasteiger partial charge in [0.25, 0.3) is 0 Å². The van der Waals surface area contributed by atoms with Gasteiger partial charge in [-0.1, -0.05) is 12.1 Å². The zero-order chi connectivity index (χ0) is 15.3. The van der Waals surface area contributed by atoms with E-state index in [4.69, 9.17) is 0 Å². The van der Waals surface area contributed by atoms with Crippen LogP contribution in [0, 0.1) is 5.82 Å². The standard InChI is InChI=1S/C16H20FN3S/c1-16(2,3)19-10-12-8-9-18-15(20-12)11-21-14-7-5-4-6-13(14)17/h4-9,19H,10-11H2,1-3H3. The predicted octanol–water partition coefficient (Wildman–Crippen LogP) is 3.80. The van der Waals surface area contributed by atoms with E-state index in [1.807, 2.05) is 12.1 Å². The highest BCUT2D eigenvalue weighted by molar-refractivity contribution is 7.98. The number of benzene rings is 1. The summed E-state index contributed by atoms with van der Waals surface area (Å²) in [7, 11) is 0. The molecule has 0 fully saturated rings. The summed E-state index contributed by atoms with van der Waals surface area (Å²) in [6.45, 7) is 7.04. The van der Waals surface area contributed by atoms with E-state index in [9.17, 15) is 4.39 Å². The Balaban J connectivity index is 1.96. The van der Waals surface area contributed by atoms with Gasteiger partial charge in [-0.15, -0.1) is 11.8 Å². The molecule has 2 rings (SSSR count). The summed E-state index contributed by atoms with van der Waals surface area (Å²) in [4.78, 5) is 9.37. The number of hydrogen-bond donors (Lipinski definition) is 1. The molecule has 0 saturated heterocycles. The predicted molar refractivity (Wildman–Crippen MR) is 84.6 cm³/mol. The van der Waals surface area contributed by atoms with Gasteiger partial charge in [-0.05, 0) is 39.0 Å². The largest absolute Gasteiger partial charge is 0.306 e. The molecular weight excluding hydrogens is 285 g/mol. The minimum atomic E-state index is -0.201. The Morgan fingerprint density at radius 3 is 2.67 bits per heavy atom. The van der Waals surface area contributed by atoms with Crippen LogP contribution in [0.15, 0.2) is 41.4 Å². The molecular formula is C16H20FN3S. The summed E-state index contributed by atoms with van der Waals surface area (Å²) in [5.74, 6) is 1.08. The number of nitrogens with one attached hydrogen (secondary N) is 1. The average molecular weight is 305 g/mol. The Hall–Kier alpha value is -1.46. The zero-order valence-electron chi connectivity index (χ0n) is 12.6. The van der Waals surface area contributed by atoms with Crippen LogP contribution >= 0.6 is 11.8 Å². The van der Waals surface area contributed by atoms with E-state index in [2.05, 4.69) is 36.1 Å². The fourth-order valence-corrected chi connectivity index (χ4v) is 2.47. The maximum absolute atomic E-state index is 13.6. The molecule has 3 nitrogen and oxygen atoms in total. The Morgan fingerprint density at radius 2 is 1.95 bits per heavy atom. The van der Waals surface area contributed by atoms with E-state index in [0.29, 0.717) is 17.2 Å². The summed E-state index contributed by atoms with van der Waals surface area (Å²) in [5, 5.41) is 3.39. The minimum Gasteiger partial charge on any atom is -0.306 e. The van der Waals surface area contributed by atoms with Crippen LogP contribution in [-0.2, 0) is 12.3 Å². The van der Waals surface area contributed by atoms with Crippen molar-refractivity contribution in [2.75, 3.05) is 0 Å². The summed E-state index contributed by atoms with van der Waals surface area (Å²) < 4.78 is 13.6. The van der Waals surface area contributed by atoms with E-state index in [-0.39, 0.29) is 11.4 Å². The van der Waals surface area contributed by atoms with Crippen LogP contribution in [0.3, 0.4) is 0 Å². The van der Waals surface area contributed by atoms with Gasteiger partial charge >= 0.3 is 0 Å². The zero-order valence-corrected chi connectivity index (χ0v) is 13.4. The SMILES string of the molecule is CC(C)(C)NCc1ccnc(CSc2ccccc2F)n1. The molecule has 1 aromatic carbocycles. The van der Waals surface area contributed by atoms with Crippen LogP contribution in [0.25, 0.3) is 0 Å². The maximum Gasteiger partial charge on any atom is 0.138 e. The number of rotatable bonds is 5. The molecule has 1 heterocycles. The lowest BCUT2D eigenvalue weighted by molar-refractivity contribution is 0.421. The van der Waals surface area contributed by atoms with Crippen LogP contribution < -0.4 is 5.32 Å². The Morgan fingerprint density at radius 1 is 1.19 bits per heavy atom. The monoisotopic (exact) mass is 305 g/mol. The number of halogens is 1. The molecule has 1 N–H and O–H groups in total. The third kappa shape index (κ3) is 5.44. The first kappa shape index (κ1) is 15.9. The fraction of sp³-hybridized carbons (Fsp3) is 0.375. The molecule has 0 saturated carbocycles. The highest BCUT2D eigenvalue weighted by Crippen LogP contribution is 2.23. The molecule has 0 aliphatic rings. The van der Waals surface area contributed by atoms with Gasteiger partial charge in [-0.25, -0.2) is 14.4 Å². The van der Waals surface area contributed by atoms with Crippen LogP contribution in [-0.4, -0.2) is 15.5 Å². The Bertz CT molecular complexity index is 596. The lowest BCUT2D eigenvalue weighted by Crippen LogP contribution is -2.35. The van der Waals surface area contributed by atoms with E-state index < -0.39 is 0 Å².